The van der Waals surface area contributed by atoms with Crippen LogP contribution in [0.5, 0.6) is 0 Å². The zero-order valence-corrected chi connectivity index (χ0v) is 8.30. The summed E-state index contributed by atoms with van der Waals surface area (Å²) in [6.07, 6.45) is 4.60. The Morgan fingerprint density at radius 3 is 2.20 bits per heavy atom. The summed E-state index contributed by atoms with van der Waals surface area (Å²) in [4.78, 5) is 22.0. The standard InChI is InChI=1S/C11H12O4/c1-3-7-5-4-6(2)8(10(12)13)9(7)11(14)15/h3-5,8-9H,1H2,2H3,(H,12,13)(H,14,15). The van der Waals surface area contributed by atoms with E-state index in [4.69, 9.17) is 10.2 Å². The Balaban J connectivity index is 3.21. The highest BCUT2D eigenvalue weighted by atomic mass is 16.4. The number of carboxylic acids is 2. The van der Waals surface area contributed by atoms with Crippen LogP contribution in [-0.4, -0.2) is 22.2 Å². The molecule has 0 aromatic rings. The predicted octanol–water partition coefficient (Wildman–Crippen LogP) is 1.46. The van der Waals surface area contributed by atoms with E-state index < -0.39 is 23.8 Å². The van der Waals surface area contributed by atoms with Gasteiger partial charge in [-0.2, -0.15) is 0 Å². The van der Waals surface area contributed by atoms with Crippen LogP contribution in [0.2, 0.25) is 0 Å². The van der Waals surface area contributed by atoms with Crippen molar-refractivity contribution in [3.05, 3.63) is 36.0 Å². The van der Waals surface area contributed by atoms with Gasteiger partial charge >= 0.3 is 11.9 Å². The van der Waals surface area contributed by atoms with Gasteiger partial charge in [0.05, 0.1) is 11.8 Å². The molecular weight excluding hydrogens is 196 g/mol. The van der Waals surface area contributed by atoms with E-state index in [9.17, 15) is 9.59 Å². The quantitative estimate of drug-likeness (QED) is 0.736. The van der Waals surface area contributed by atoms with Gasteiger partial charge in [0.2, 0.25) is 0 Å². The van der Waals surface area contributed by atoms with Gasteiger partial charge in [-0.05, 0) is 12.5 Å². The van der Waals surface area contributed by atoms with Crippen molar-refractivity contribution < 1.29 is 19.8 Å². The molecule has 4 nitrogen and oxygen atoms in total. The van der Waals surface area contributed by atoms with E-state index in [-0.39, 0.29) is 0 Å². The molecule has 0 radical (unpaired) electrons. The third-order valence-corrected chi connectivity index (χ3v) is 2.49. The summed E-state index contributed by atoms with van der Waals surface area (Å²) in [5.74, 6) is -4.30. The summed E-state index contributed by atoms with van der Waals surface area (Å²) in [5.41, 5.74) is 0.973. The van der Waals surface area contributed by atoms with Crippen LogP contribution in [0.3, 0.4) is 0 Å². The number of allylic oxidation sites excluding steroid dienone is 3. The van der Waals surface area contributed by atoms with Crippen molar-refractivity contribution >= 4 is 11.9 Å². The highest BCUT2D eigenvalue weighted by molar-refractivity contribution is 5.86. The zero-order chi connectivity index (χ0) is 11.6. The van der Waals surface area contributed by atoms with Crippen molar-refractivity contribution in [1.29, 1.82) is 0 Å². The van der Waals surface area contributed by atoms with Gasteiger partial charge in [-0.25, -0.2) is 0 Å². The van der Waals surface area contributed by atoms with Crippen LogP contribution in [0.15, 0.2) is 36.0 Å². The molecule has 0 bridgehead atoms. The molecule has 0 aromatic heterocycles. The monoisotopic (exact) mass is 208 g/mol. The number of carboxylic acid groups (broad SMARTS) is 2. The van der Waals surface area contributed by atoms with Crippen LogP contribution < -0.4 is 0 Å². The first-order valence-corrected chi connectivity index (χ1v) is 4.45. The minimum absolute atomic E-state index is 0.431. The van der Waals surface area contributed by atoms with E-state index in [1.165, 1.54) is 6.08 Å². The third-order valence-electron chi connectivity index (χ3n) is 2.49. The molecule has 0 aliphatic heterocycles. The minimum atomic E-state index is -1.14. The molecule has 2 N–H and O–H groups in total. The second kappa shape index (κ2) is 4.13. The van der Waals surface area contributed by atoms with Gasteiger partial charge in [-0.1, -0.05) is 30.4 Å². The fourth-order valence-corrected chi connectivity index (χ4v) is 1.71. The first-order valence-electron chi connectivity index (χ1n) is 4.45. The number of hydrogen-bond donors (Lipinski definition) is 2. The van der Waals surface area contributed by atoms with E-state index in [2.05, 4.69) is 6.58 Å². The SMILES string of the molecule is C=CC1=CC=C(C)C(C(=O)O)C1C(=O)O. The lowest BCUT2D eigenvalue weighted by Gasteiger charge is -2.25. The molecule has 15 heavy (non-hydrogen) atoms. The highest BCUT2D eigenvalue weighted by Gasteiger charge is 2.38. The second-order valence-electron chi connectivity index (χ2n) is 3.41. The van der Waals surface area contributed by atoms with E-state index >= 15 is 0 Å². The molecular formula is C11H12O4. The van der Waals surface area contributed by atoms with Gasteiger partial charge in [0.1, 0.15) is 0 Å². The van der Waals surface area contributed by atoms with Crippen LogP contribution in [-0.2, 0) is 9.59 Å². The molecule has 0 fully saturated rings. The topological polar surface area (TPSA) is 74.6 Å². The van der Waals surface area contributed by atoms with Gasteiger partial charge in [-0.3, -0.25) is 9.59 Å². The van der Waals surface area contributed by atoms with Gasteiger partial charge in [0.15, 0.2) is 0 Å². The fourth-order valence-electron chi connectivity index (χ4n) is 1.71. The maximum Gasteiger partial charge on any atom is 0.312 e. The molecule has 80 valence electrons. The molecule has 4 heteroatoms. The average Bonchev–Trinajstić information content (AvgIpc) is 2.16. The molecule has 2 unspecified atom stereocenters. The number of aliphatic carboxylic acids is 2. The first-order chi connectivity index (χ1) is 6.99. The number of rotatable bonds is 3. The van der Waals surface area contributed by atoms with E-state index in [0.717, 1.165) is 0 Å². The lowest BCUT2D eigenvalue weighted by molar-refractivity contribution is -0.150. The Bertz CT molecular complexity index is 376. The summed E-state index contributed by atoms with van der Waals surface area (Å²) in [5, 5.41) is 18.0. The van der Waals surface area contributed by atoms with Gasteiger partial charge in [0, 0.05) is 0 Å². The predicted molar refractivity (Wildman–Crippen MR) is 54.3 cm³/mol. The molecule has 0 aromatic carbocycles. The molecule has 1 rings (SSSR count). The van der Waals surface area contributed by atoms with E-state index in [0.29, 0.717) is 11.1 Å². The molecule has 0 amide bonds. The van der Waals surface area contributed by atoms with Crippen LogP contribution in [0.25, 0.3) is 0 Å². The largest absolute Gasteiger partial charge is 0.481 e. The summed E-state index contributed by atoms with van der Waals surface area (Å²) in [7, 11) is 0. The summed E-state index contributed by atoms with van der Waals surface area (Å²) >= 11 is 0. The second-order valence-corrected chi connectivity index (χ2v) is 3.41. The fraction of sp³-hybridized carbons (Fsp3) is 0.273. The normalized spacial score (nSPS) is 25.1. The lowest BCUT2D eigenvalue weighted by Crippen LogP contribution is -2.33. The molecule has 0 spiro atoms. The lowest BCUT2D eigenvalue weighted by atomic mass is 9.78. The van der Waals surface area contributed by atoms with Crippen LogP contribution in [0, 0.1) is 11.8 Å². The van der Waals surface area contributed by atoms with Gasteiger partial charge in [-0.15, -0.1) is 0 Å². The Morgan fingerprint density at radius 2 is 1.80 bits per heavy atom. The Hall–Kier alpha value is -1.84. The van der Waals surface area contributed by atoms with E-state index in [1.54, 1.807) is 19.1 Å². The Labute approximate surface area is 87.2 Å². The maximum atomic E-state index is 11.0. The smallest absolute Gasteiger partial charge is 0.312 e. The van der Waals surface area contributed by atoms with Crippen molar-refractivity contribution in [3.8, 4) is 0 Å². The molecule has 0 heterocycles. The maximum absolute atomic E-state index is 11.0. The van der Waals surface area contributed by atoms with Crippen molar-refractivity contribution in [2.24, 2.45) is 11.8 Å². The molecule has 2 atom stereocenters. The van der Waals surface area contributed by atoms with Crippen molar-refractivity contribution in [1.82, 2.24) is 0 Å². The minimum Gasteiger partial charge on any atom is -0.481 e. The average molecular weight is 208 g/mol. The molecule has 0 saturated carbocycles. The van der Waals surface area contributed by atoms with E-state index in [1.807, 2.05) is 0 Å². The van der Waals surface area contributed by atoms with Crippen LogP contribution >= 0.6 is 0 Å². The summed E-state index contributed by atoms with van der Waals surface area (Å²) < 4.78 is 0. The summed E-state index contributed by atoms with van der Waals surface area (Å²) in [6, 6.07) is 0. The molecule has 1 aliphatic carbocycles. The number of carbonyl (C=O) groups is 2. The van der Waals surface area contributed by atoms with Gasteiger partial charge in [0.25, 0.3) is 0 Å². The molecule has 1 aliphatic rings. The van der Waals surface area contributed by atoms with Gasteiger partial charge < -0.3 is 10.2 Å². The first kappa shape index (κ1) is 11.2. The van der Waals surface area contributed by atoms with Crippen molar-refractivity contribution in [3.63, 3.8) is 0 Å². The van der Waals surface area contributed by atoms with Crippen LogP contribution in [0.1, 0.15) is 6.92 Å². The Morgan fingerprint density at radius 1 is 1.27 bits per heavy atom. The van der Waals surface area contributed by atoms with Crippen molar-refractivity contribution in [2.45, 2.75) is 6.92 Å². The Kier molecular flexibility index (Phi) is 3.09. The third kappa shape index (κ3) is 1.98. The zero-order valence-electron chi connectivity index (χ0n) is 8.30. The summed E-state index contributed by atoms with van der Waals surface area (Å²) in [6.45, 7) is 5.10. The number of hydrogen-bond acceptors (Lipinski definition) is 2. The molecule has 0 saturated heterocycles. The van der Waals surface area contributed by atoms with Crippen LogP contribution in [0.4, 0.5) is 0 Å². The van der Waals surface area contributed by atoms with Crippen molar-refractivity contribution in [2.75, 3.05) is 0 Å². The highest BCUT2D eigenvalue weighted by Crippen LogP contribution is 2.32.